The maximum Gasteiger partial charge on any atom is 0.0394 e. The molecule has 2 nitrogen and oxygen atoms in total. The molecule has 0 saturated heterocycles. The van der Waals surface area contributed by atoms with E-state index in [1.807, 2.05) is 0 Å². The smallest absolute Gasteiger partial charge is 0.0394 e. The summed E-state index contributed by atoms with van der Waals surface area (Å²) in [7, 11) is 4.22. The Morgan fingerprint density at radius 2 is 1.48 bits per heavy atom. The second-order valence-electron chi connectivity index (χ2n) is 5.67. The first-order chi connectivity index (χ1) is 10.2. The number of nitrogens with one attached hydrogen (secondary N) is 1. The van der Waals surface area contributed by atoms with Gasteiger partial charge in [-0.25, -0.2) is 0 Å². The summed E-state index contributed by atoms with van der Waals surface area (Å²) >= 11 is 0. The third-order valence-corrected chi connectivity index (χ3v) is 3.76. The lowest BCUT2D eigenvalue weighted by Crippen LogP contribution is -2.33. The van der Waals surface area contributed by atoms with E-state index >= 15 is 0 Å². The van der Waals surface area contributed by atoms with Crippen LogP contribution in [-0.4, -0.2) is 26.7 Å². The van der Waals surface area contributed by atoms with Gasteiger partial charge in [-0.3, -0.25) is 0 Å². The predicted molar refractivity (Wildman–Crippen MR) is 107 cm³/mol. The number of nitrogens with zero attached hydrogens (tertiary/aromatic N) is 1. The van der Waals surface area contributed by atoms with Crippen molar-refractivity contribution in [2.24, 2.45) is 0 Å². The zero-order valence-corrected chi connectivity index (χ0v) is 15.8. The first kappa shape index (κ1) is 21.8. The zero-order chi connectivity index (χ0) is 15.1. The van der Waals surface area contributed by atoms with Crippen molar-refractivity contribution in [2.45, 2.75) is 25.8 Å². The van der Waals surface area contributed by atoms with Crippen molar-refractivity contribution in [2.75, 3.05) is 25.5 Å². The number of likely N-dealkylation sites (N-methyl/N-ethyl adjacent to an activating group) is 1. The van der Waals surface area contributed by atoms with Crippen LogP contribution in [0.3, 0.4) is 0 Å². The number of anilines is 1. The van der Waals surface area contributed by atoms with E-state index in [0.29, 0.717) is 6.04 Å². The molecule has 0 saturated carbocycles. The van der Waals surface area contributed by atoms with Gasteiger partial charge in [-0.1, -0.05) is 55.5 Å². The van der Waals surface area contributed by atoms with E-state index < -0.39 is 0 Å². The van der Waals surface area contributed by atoms with Crippen molar-refractivity contribution in [1.82, 2.24) is 5.32 Å². The lowest BCUT2D eigenvalue weighted by molar-refractivity contribution is 0.521. The van der Waals surface area contributed by atoms with Gasteiger partial charge in [-0.15, -0.1) is 24.8 Å². The standard InChI is InChI=1S/C19H26N2.2ClH/c1-4-20-18(14-16-10-6-5-7-11-16)15-17-12-8-9-13-19(17)21(2)3;;/h5-13,18,20H,4,14-15H2,1-3H3;2*1H. The largest absolute Gasteiger partial charge is 0.377 e. The second kappa shape index (κ2) is 11.3. The first-order valence-electron chi connectivity index (χ1n) is 7.73. The number of hydrogen-bond donors (Lipinski definition) is 1. The Bertz CT molecular complexity index is 544. The van der Waals surface area contributed by atoms with Crippen LogP contribution in [0.15, 0.2) is 54.6 Å². The molecule has 2 aromatic rings. The highest BCUT2D eigenvalue weighted by Crippen LogP contribution is 2.20. The zero-order valence-electron chi connectivity index (χ0n) is 14.2. The summed E-state index contributed by atoms with van der Waals surface area (Å²) in [6, 6.07) is 19.9. The van der Waals surface area contributed by atoms with Crippen LogP contribution in [0.4, 0.5) is 5.69 Å². The molecule has 0 heterocycles. The molecule has 1 N–H and O–H groups in total. The van der Waals surface area contributed by atoms with Crippen LogP contribution < -0.4 is 10.2 Å². The molecule has 1 atom stereocenters. The molecule has 0 aromatic heterocycles. The van der Waals surface area contributed by atoms with E-state index in [1.165, 1.54) is 16.8 Å². The fourth-order valence-electron chi connectivity index (χ4n) is 2.79. The molecule has 128 valence electrons. The molecule has 0 spiro atoms. The van der Waals surface area contributed by atoms with Crippen LogP contribution >= 0.6 is 24.8 Å². The van der Waals surface area contributed by atoms with Crippen molar-refractivity contribution < 1.29 is 0 Å². The van der Waals surface area contributed by atoms with E-state index in [9.17, 15) is 0 Å². The Hall–Kier alpha value is -1.22. The van der Waals surface area contributed by atoms with Crippen LogP contribution in [0.2, 0.25) is 0 Å². The molecule has 2 rings (SSSR count). The van der Waals surface area contributed by atoms with Gasteiger partial charge in [0, 0.05) is 25.8 Å². The van der Waals surface area contributed by atoms with Gasteiger partial charge in [-0.05, 0) is 36.6 Å². The molecule has 0 fully saturated rings. The second-order valence-corrected chi connectivity index (χ2v) is 5.67. The summed E-state index contributed by atoms with van der Waals surface area (Å²) in [5.74, 6) is 0. The molecule has 23 heavy (non-hydrogen) atoms. The first-order valence-corrected chi connectivity index (χ1v) is 7.73. The molecule has 4 heteroatoms. The van der Waals surface area contributed by atoms with Gasteiger partial charge >= 0.3 is 0 Å². The molecule has 0 radical (unpaired) electrons. The van der Waals surface area contributed by atoms with Crippen molar-refractivity contribution >= 4 is 30.5 Å². The van der Waals surface area contributed by atoms with Crippen LogP contribution in [0.25, 0.3) is 0 Å². The highest BCUT2D eigenvalue weighted by Gasteiger charge is 2.12. The van der Waals surface area contributed by atoms with Crippen molar-refractivity contribution in [1.29, 1.82) is 0 Å². The Labute approximate surface area is 153 Å². The molecule has 0 aliphatic carbocycles. The summed E-state index contributed by atoms with van der Waals surface area (Å²) < 4.78 is 0. The highest BCUT2D eigenvalue weighted by molar-refractivity contribution is 5.85. The quantitative estimate of drug-likeness (QED) is 0.794. The van der Waals surface area contributed by atoms with E-state index in [0.717, 1.165) is 19.4 Å². The van der Waals surface area contributed by atoms with E-state index in [-0.39, 0.29) is 24.8 Å². The molecular formula is C19H28Cl2N2. The van der Waals surface area contributed by atoms with Gasteiger partial charge in [0.15, 0.2) is 0 Å². The fourth-order valence-corrected chi connectivity index (χ4v) is 2.79. The lowest BCUT2D eigenvalue weighted by atomic mass is 9.97. The normalized spacial score (nSPS) is 11.1. The summed E-state index contributed by atoms with van der Waals surface area (Å²) in [4.78, 5) is 2.20. The molecule has 0 bridgehead atoms. The minimum absolute atomic E-state index is 0. The van der Waals surface area contributed by atoms with E-state index in [4.69, 9.17) is 0 Å². The number of halogens is 2. The van der Waals surface area contributed by atoms with Crippen LogP contribution in [0.5, 0.6) is 0 Å². The van der Waals surface area contributed by atoms with Crippen LogP contribution in [0, 0.1) is 0 Å². The van der Waals surface area contributed by atoms with E-state index in [2.05, 4.69) is 85.8 Å². The predicted octanol–water partition coefficient (Wildman–Crippen LogP) is 4.36. The average Bonchev–Trinajstić information content (AvgIpc) is 2.49. The Morgan fingerprint density at radius 3 is 2.09 bits per heavy atom. The third-order valence-electron chi connectivity index (χ3n) is 3.76. The summed E-state index contributed by atoms with van der Waals surface area (Å²) in [6.07, 6.45) is 2.12. The minimum Gasteiger partial charge on any atom is -0.377 e. The van der Waals surface area contributed by atoms with Crippen molar-refractivity contribution in [3.63, 3.8) is 0 Å². The number of hydrogen-bond acceptors (Lipinski definition) is 2. The number of para-hydroxylation sites is 1. The monoisotopic (exact) mass is 354 g/mol. The third kappa shape index (κ3) is 6.82. The molecule has 0 aliphatic rings. The molecule has 2 aromatic carbocycles. The SMILES string of the molecule is CCNC(Cc1ccccc1)Cc1ccccc1N(C)C.Cl.Cl. The highest BCUT2D eigenvalue weighted by atomic mass is 35.5. The molecule has 1 unspecified atom stereocenters. The van der Waals surface area contributed by atoms with Gasteiger partial charge in [0.2, 0.25) is 0 Å². The van der Waals surface area contributed by atoms with Gasteiger partial charge in [0.05, 0.1) is 0 Å². The fraction of sp³-hybridized carbons (Fsp3) is 0.368. The van der Waals surface area contributed by atoms with Crippen LogP contribution in [0.1, 0.15) is 18.1 Å². The van der Waals surface area contributed by atoms with Gasteiger partial charge in [0.1, 0.15) is 0 Å². The minimum atomic E-state index is 0. The summed E-state index contributed by atoms with van der Waals surface area (Å²) in [5.41, 5.74) is 4.11. The van der Waals surface area contributed by atoms with Gasteiger partial charge < -0.3 is 10.2 Å². The van der Waals surface area contributed by atoms with Crippen molar-refractivity contribution in [3.05, 3.63) is 65.7 Å². The molecule has 0 amide bonds. The Kier molecular flexibility index (Phi) is 10.7. The summed E-state index contributed by atoms with van der Waals surface area (Å²) in [5, 5.41) is 3.63. The van der Waals surface area contributed by atoms with Gasteiger partial charge in [0.25, 0.3) is 0 Å². The summed E-state index contributed by atoms with van der Waals surface area (Å²) in [6.45, 7) is 3.18. The number of benzene rings is 2. The number of rotatable bonds is 7. The Morgan fingerprint density at radius 1 is 0.870 bits per heavy atom. The van der Waals surface area contributed by atoms with Crippen LogP contribution in [-0.2, 0) is 12.8 Å². The molecule has 0 aliphatic heterocycles. The Balaban J connectivity index is 0.00000242. The lowest BCUT2D eigenvalue weighted by Gasteiger charge is -2.22. The van der Waals surface area contributed by atoms with Crippen molar-refractivity contribution in [3.8, 4) is 0 Å². The topological polar surface area (TPSA) is 15.3 Å². The van der Waals surface area contributed by atoms with Gasteiger partial charge in [-0.2, -0.15) is 0 Å². The average molecular weight is 355 g/mol. The van der Waals surface area contributed by atoms with E-state index in [1.54, 1.807) is 0 Å². The molecular weight excluding hydrogens is 327 g/mol. The maximum atomic E-state index is 3.63. The maximum absolute atomic E-state index is 3.63.